The summed E-state index contributed by atoms with van der Waals surface area (Å²) < 4.78 is 0. The lowest BCUT2D eigenvalue weighted by Gasteiger charge is -2.28. The quantitative estimate of drug-likeness (QED) is 0.273. The molecule has 1 atom stereocenters. The van der Waals surface area contributed by atoms with Crippen molar-refractivity contribution < 1.29 is 24.6 Å². The van der Waals surface area contributed by atoms with E-state index in [2.05, 4.69) is 35.8 Å². The molecule has 9 heteroatoms. The van der Waals surface area contributed by atoms with E-state index < -0.39 is 11.9 Å². The number of hydrogen-bond donors (Lipinski definition) is 4. The van der Waals surface area contributed by atoms with Crippen molar-refractivity contribution in [1.82, 2.24) is 10.6 Å². The first kappa shape index (κ1) is 31.0. The van der Waals surface area contributed by atoms with E-state index >= 15 is 0 Å². The number of fused-ring (bicyclic) bond motifs is 1. The molecule has 7 nitrogen and oxygen atoms in total. The van der Waals surface area contributed by atoms with Crippen LogP contribution in [-0.4, -0.2) is 47.2 Å². The second-order valence-electron chi connectivity index (χ2n) is 10.2. The Balaban J connectivity index is 0.000000459. The van der Waals surface area contributed by atoms with Crippen molar-refractivity contribution in [3.8, 4) is 0 Å². The van der Waals surface area contributed by atoms with Gasteiger partial charge in [-0.25, -0.2) is 0 Å². The molecule has 0 aromatic heterocycles. The number of carboxylic acid groups (broad SMARTS) is 2. The number of rotatable bonds is 9. The highest BCUT2D eigenvalue weighted by molar-refractivity contribution is 7.98. The van der Waals surface area contributed by atoms with Gasteiger partial charge in [0, 0.05) is 22.3 Å². The number of nitrogens with one attached hydrogen (secondary N) is 2. The van der Waals surface area contributed by atoms with Crippen LogP contribution in [0.25, 0.3) is 0 Å². The first-order chi connectivity index (χ1) is 18.7. The number of benzene rings is 2. The highest BCUT2D eigenvalue weighted by Gasteiger charge is 2.22. The van der Waals surface area contributed by atoms with Crippen molar-refractivity contribution in [1.29, 1.82) is 0 Å². The van der Waals surface area contributed by atoms with Crippen LogP contribution in [0, 0.1) is 5.92 Å². The van der Waals surface area contributed by atoms with Crippen LogP contribution in [-0.2, 0) is 28.2 Å². The van der Waals surface area contributed by atoms with Gasteiger partial charge in [0.15, 0.2) is 0 Å². The minimum atomic E-state index is -1.08. The maximum Gasteiger partial charge on any atom is 0.303 e. The number of carboxylic acids is 2. The number of aliphatic carboxylic acids is 2. The average Bonchev–Trinajstić information content (AvgIpc) is 3.18. The summed E-state index contributed by atoms with van der Waals surface area (Å²) in [7, 11) is 0. The summed E-state index contributed by atoms with van der Waals surface area (Å²) in [6.45, 7) is 4.19. The minimum absolute atomic E-state index is 0.0428. The topological polar surface area (TPSA) is 116 Å². The van der Waals surface area contributed by atoms with E-state index in [-0.39, 0.29) is 24.8 Å². The van der Waals surface area contributed by atoms with Crippen LogP contribution in [0.3, 0.4) is 0 Å². The fourth-order valence-corrected chi connectivity index (χ4v) is 6.49. The summed E-state index contributed by atoms with van der Waals surface area (Å²) in [5, 5.41) is 23.3. The van der Waals surface area contributed by atoms with Gasteiger partial charge in [-0.15, -0.1) is 11.8 Å². The van der Waals surface area contributed by atoms with Crippen molar-refractivity contribution in [3.63, 3.8) is 0 Å². The fourth-order valence-electron chi connectivity index (χ4n) is 5.03. The van der Waals surface area contributed by atoms with Gasteiger partial charge in [0.2, 0.25) is 0 Å². The Hall–Kier alpha value is -2.55. The standard InChI is InChI=1S/C26H33ClN2OS.C4H6O4/c1-18(20-5-3-2-4-6-20)29-26(30)22-9-7-19(8-10-22)17-31-25-23-14-16-28-15-13-21(23)11-12-24(25)27;5-3(6)1-2-4(7)8/h7-12,18,20,28H,2-6,13-17H2,1H3,(H,29,30);1-2H2,(H,5,6)(H,7,8)/t18-;/m0./s1. The highest BCUT2D eigenvalue weighted by atomic mass is 35.5. The zero-order chi connectivity index (χ0) is 28.2. The number of thioether (sulfide) groups is 1. The predicted octanol–water partition coefficient (Wildman–Crippen LogP) is 5.95. The molecule has 2 aromatic rings. The van der Waals surface area contributed by atoms with Crippen LogP contribution in [0.4, 0.5) is 0 Å². The van der Waals surface area contributed by atoms with Crippen molar-refractivity contribution in [2.24, 2.45) is 5.92 Å². The highest BCUT2D eigenvalue weighted by Crippen LogP contribution is 2.36. The average molecular weight is 575 g/mol. The monoisotopic (exact) mass is 574 g/mol. The second kappa shape index (κ2) is 15.9. The smallest absolute Gasteiger partial charge is 0.303 e. The third kappa shape index (κ3) is 10.2. The number of halogens is 1. The van der Waals surface area contributed by atoms with Gasteiger partial charge in [0.25, 0.3) is 5.91 Å². The molecule has 1 amide bonds. The molecule has 0 saturated heterocycles. The molecule has 39 heavy (non-hydrogen) atoms. The lowest BCUT2D eigenvalue weighted by atomic mass is 9.84. The molecule has 0 bridgehead atoms. The molecule has 4 N–H and O–H groups in total. The van der Waals surface area contributed by atoms with Crippen LogP contribution in [0.5, 0.6) is 0 Å². The van der Waals surface area contributed by atoms with Gasteiger partial charge in [-0.05, 0) is 86.5 Å². The van der Waals surface area contributed by atoms with Crippen molar-refractivity contribution in [2.45, 2.75) is 81.4 Å². The van der Waals surface area contributed by atoms with Crippen molar-refractivity contribution in [3.05, 3.63) is 63.7 Å². The molecule has 1 saturated carbocycles. The first-order valence-electron chi connectivity index (χ1n) is 13.7. The zero-order valence-electron chi connectivity index (χ0n) is 22.5. The Morgan fingerprint density at radius 2 is 1.62 bits per heavy atom. The van der Waals surface area contributed by atoms with Gasteiger partial charge >= 0.3 is 11.9 Å². The number of amides is 1. The van der Waals surface area contributed by atoms with E-state index in [4.69, 9.17) is 21.8 Å². The molecule has 1 fully saturated rings. The lowest BCUT2D eigenvalue weighted by molar-refractivity contribution is -0.143. The maximum atomic E-state index is 12.7. The molecule has 0 radical (unpaired) electrons. The van der Waals surface area contributed by atoms with E-state index in [9.17, 15) is 14.4 Å². The van der Waals surface area contributed by atoms with E-state index in [1.54, 1.807) is 0 Å². The summed E-state index contributed by atoms with van der Waals surface area (Å²) in [6, 6.07) is 12.5. The Labute approximate surface area is 240 Å². The van der Waals surface area contributed by atoms with Crippen molar-refractivity contribution in [2.75, 3.05) is 13.1 Å². The number of carbonyl (C=O) groups excluding carboxylic acids is 1. The van der Waals surface area contributed by atoms with Gasteiger partial charge in [-0.3, -0.25) is 14.4 Å². The molecule has 1 aliphatic heterocycles. The Kier molecular flexibility index (Phi) is 12.6. The second-order valence-corrected chi connectivity index (χ2v) is 11.6. The predicted molar refractivity (Wildman–Crippen MR) is 156 cm³/mol. The van der Waals surface area contributed by atoms with E-state index in [0.717, 1.165) is 42.3 Å². The molecule has 1 aliphatic carbocycles. The fraction of sp³-hybridized carbons (Fsp3) is 0.500. The van der Waals surface area contributed by atoms with E-state index in [1.807, 2.05) is 30.0 Å². The van der Waals surface area contributed by atoms with Crippen LogP contribution in [0.1, 0.15) is 78.9 Å². The Morgan fingerprint density at radius 3 is 2.26 bits per heavy atom. The molecular weight excluding hydrogens is 536 g/mol. The van der Waals surface area contributed by atoms with E-state index in [1.165, 1.54) is 53.7 Å². The largest absolute Gasteiger partial charge is 0.481 e. The Morgan fingerprint density at radius 1 is 0.974 bits per heavy atom. The molecular formula is C30H39ClN2O5S. The summed E-state index contributed by atoms with van der Waals surface area (Å²) in [5.74, 6) is -0.639. The van der Waals surface area contributed by atoms with Crippen LogP contribution < -0.4 is 10.6 Å². The molecule has 0 spiro atoms. The molecule has 2 aromatic carbocycles. The summed E-state index contributed by atoms with van der Waals surface area (Å²) in [6.07, 6.45) is 7.89. The van der Waals surface area contributed by atoms with Gasteiger partial charge in [0.1, 0.15) is 0 Å². The molecule has 0 unspecified atom stereocenters. The summed E-state index contributed by atoms with van der Waals surface area (Å²) in [4.78, 5) is 33.2. The molecule has 212 valence electrons. The van der Waals surface area contributed by atoms with E-state index in [0.29, 0.717) is 5.92 Å². The third-order valence-corrected chi connectivity index (χ3v) is 8.96. The minimum Gasteiger partial charge on any atom is -0.481 e. The van der Waals surface area contributed by atoms with Gasteiger partial charge < -0.3 is 20.8 Å². The molecule has 2 aliphatic rings. The normalized spacial score (nSPS) is 16.2. The SMILES string of the molecule is C[C@H](NC(=O)c1ccc(CSc2c(Cl)ccc3c2CCNCC3)cc1)C1CCCCC1.O=C(O)CCC(=O)O. The zero-order valence-corrected chi connectivity index (χ0v) is 24.1. The first-order valence-corrected chi connectivity index (χ1v) is 15.1. The molecule has 4 rings (SSSR count). The number of carbonyl (C=O) groups is 3. The number of hydrogen-bond acceptors (Lipinski definition) is 5. The lowest BCUT2D eigenvalue weighted by Crippen LogP contribution is -2.38. The van der Waals surface area contributed by atoms with Crippen molar-refractivity contribution >= 4 is 41.2 Å². The van der Waals surface area contributed by atoms with Crippen LogP contribution in [0.15, 0.2) is 41.3 Å². The molecule has 1 heterocycles. The summed E-state index contributed by atoms with van der Waals surface area (Å²) >= 11 is 8.37. The van der Waals surface area contributed by atoms with Crippen LogP contribution >= 0.6 is 23.4 Å². The van der Waals surface area contributed by atoms with Gasteiger partial charge in [-0.1, -0.05) is 49.1 Å². The van der Waals surface area contributed by atoms with Gasteiger partial charge in [-0.2, -0.15) is 0 Å². The van der Waals surface area contributed by atoms with Crippen LogP contribution in [0.2, 0.25) is 5.02 Å². The third-order valence-electron chi connectivity index (χ3n) is 7.30. The van der Waals surface area contributed by atoms with Gasteiger partial charge in [0.05, 0.1) is 17.9 Å². The Bertz CT molecular complexity index is 1110. The maximum absolute atomic E-state index is 12.7. The summed E-state index contributed by atoms with van der Waals surface area (Å²) in [5.41, 5.74) is 4.77.